The number of hydrogen-bond acceptors (Lipinski definition) is 1. The quantitative estimate of drug-likeness (QED) is 0.233. The summed E-state index contributed by atoms with van der Waals surface area (Å²) in [5.74, 6) is 0. The average Bonchev–Trinajstić information content (AvgIpc) is 3.02. The lowest BCUT2D eigenvalue weighted by Gasteiger charge is -2.15. The maximum atomic E-state index is 3.71. The first-order valence-electron chi connectivity index (χ1n) is 13.4. The molecule has 0 radical (unpaired) electrons. The highest BCUT2D eigenvalue weighted by Gasteiger charge is 2.10. The first-order chi connectivity index (χ1) is 19.3. The molecule has 0 atom stereocenters. The average molecular weight is 498 g/mol. The van der Waals surface area contributed by atoms with Gasteiger partial charge in [-0.1, -0.05) is 133 Å². The van der Waals surface area contributed by atoms with Gasteiger partial charge in [-0.3, -0.25) is 0 Å². The van der Waals surface area contributed by atoms with Gasteiger partial charge in [-0.05, 0) is 73.6 Å². The Morgan fingerprint density at radius 2 is 0.949 bits per heavy atom. The lowest BCUT2D eigenvalue weighted by Crippen LogP contribution is -1.94. The molecule has 0 heterocycles. The van der Waals surface area contributed by atoms with Crippen LogP contribution >= 0.6 is 0 Å². The van der Waals surface area contributed by atoms with Crippen LogP contribution in [0.5, 0.6) is 0 Å². The maximum Gasteiger partial charge on any atom is 0.0463 e. The van der Waals surface area contributed by atoms with Crippen molar-refractivity contribution in [1.82, 2.24) is 0 Å². The van der Waals surface area contributed by atoms with Crippen LogP contribution in [0.25, 0.3) is 54.9 Å². The van der Waals surface area contributed by atoms with Crippen LogP contribution in [0, 0.1) is 0 Å². The fraction of sp³-hybridized carbons (Fsp3) is 0. The molecule has 0 fully saturated rings. The van der Waals surface area contributed by atoms with Crippen molar-refractivity contribution >= 4 is 32.9 Å². The van der Waals surface area contributed by atoms with Crippen molar-refractivity contribution in [1.29, 1.82) is 0 Å². The van der Waals surface area contributed by atoms with Gasteiger partial charge in [-0.15, -0.1) is 0 Å². The van der Waals surface area contributed by atoms with Crippen molar-refractivity contribution in [2.45, 2.75) is 0 Å². The molecule has 7 aromatic rings. The van der Waals surface area contributed by atoms with Crippen molar-refractivity contribution in [2.24, 2.45) is 0 Å². The van der Waals surface area contributed by atoms with Gasteiger partial charge >= 0.3 is 0 Å². The fourth-order valence-electron chi connectivity index (χ4n) is 5.53. The number of fused-ring (bicyclic) bond motifs is 3. The first kappa shape index (κ1) is 23.0. The Hall–Kier alpha value is -5.14. The predicted octanol–water partition coefficient (Wildman–Crippen LogP) is 10.7. The second-order valence-corrected chi connectivity index (χ2v) is 9.89. The number of para-hydroxylation sites is 1. The Morgan fingerprint density at radius 1 is 0.333 bits per heavy atom. The minimum absolute atomic E-state index is 1.07. The lowest BCUT2D eigenvalue weighted by molar-refractivity contribution is 1.53. The van der Waals surface area contributed by atoms with Gasteiger partial charge in [-0.2, -0.15) is 0 Å². The summed E-state index contributed by atoms with van der Waals surface area (Å²) in [5, 5.41) is 8.82. The standard InChI is InChI=1S/C38H27N/c1-2-11-27(12-3-1)28-21-23-29(24-22-28)34-17-8-9-20-38(34)39-32-15-10-14-30(25-32)37-26-31-13-4-5-16-33(31)35-18-6-7-19-36(35)37/h1-26,39H. The molecule has 184 valence electrons. The van der Waals surface area contributed by atoms with Crippen LogP contribution < -0.4 is 5.32 Å². The van der Waals surface area contributed by atoms with Crippen LogP contribution in [-0.2, 0) is 0 Å². The number of nitrogens with one attached hydrogen (secondary N) is 1. The van der Waals surface area contributed by atoms with Crippen molar-refractivity contribution in [3.63, 3.8) is 0 Å². The Kier molecular flexibility index (Phi) is 5.88. The highest BCUT2D eigenvalue weighted by atomic mass is 14.9. The molecule has 7 aromatic carbocycles. The van der Waals surface area contributed by atoms with Gasteiger partial charge in [0.15, 0.2) is 0 Å². The summed E-state index contributed by atoms with van der Waals surface area (Å²) in [7, 11) is 0. The lowest BCUT2D eigenvalue weighted by atomic mass is 9.93. The Balaban J connectivity index is 1.25. The number of benzene rings is 7. The van der Waals surface area contributed by atoms with E-state index >= 15 is 0 Å². The van der Waals surface area contributed by atoms with Crippen molar-refractivity contribution in [2.75, 3.05) is 5.32 Å². The molecule has 0 bridgehead atoms. The summed E-state index contributed by atoms with van der Waals surface area (Å²) in [6.07, 6.45) is 0. The van der Waals surface area contributed by atoms with Crippen LogP contribution in [0.3, 0.4) is 0 Å². The minimum Gasteiger partial charge on any atom is -0.355 e. The molecular formula is C38H27N. The van der Waals surface area contributed by atoms with Crippen molar-refractivity contribution in [3.05, 3.63) is 158 Å². The molecular weight excluding hydrogens is 470 g/mol. The van der Waals surface area contributed by atoms with E-state index in [4.69, 9.17) is 0 Å². The van der Waals surface area contributed by atoms with Gasteiger partial charge in [0.25, 0.3) is 0 Å². The molecule has 0 saturated carbocycles. The molecule has 0 aliphatic rings. The summed E-state index contributed by atoms with van der Waals surface area (Å²) in [5.41, 5.74) is 9.43. The summed E-state index contributed by atoms with van der Waals surface area (Å²) in [6, 6.07) is 56.3. The number of anilines is 2. The highest BCUT2D eigenvalue weighted by molar-refractivity contribution is 6.13. The topological polar surface area (TPSA) is 12.0 Å². The van der Waals surface area contributed by atoms with E-state index in [9.17, 15) is 0 Å². The van der Waals surface area contributed by atoms with Gasteiger partial charge in [0, 0.05) is 16.9 Å². The number of rotatable bonds is 5. The molecule has 0 aliphatic heterocycles. The zero-order chi connectivity index (χ0) is 26.0. The molecule has 0 saturated heterocycles. The van der Waals surface area contributed by atoms with Gasteiger partial charge in [-0.25, -0.2) is 0 Å². The summed E-state index contributed by atoms with van der Waals surface area (Å²) in [6.45, 7) is 0. The zero-order valence-corrected chi connectivity index (χ0v) is 21.5. The summed E-state index contributed by atoms with van der Waals surface area (Å²) >= 11 is 0. The second-order valence-electron chi connectivity index (χ2n) is 9.89. The molecule has 0 unspecified atom stereocenters. The van der Waals surface area contributed by atoms with Crippen molar-refractivity contribution in [3.8, 4) is 33.4 Å². The second kappa shape index (κ2) is 9.96. The van der Waals surface area contributed by atoms with E-state index in [1.54, 1.807) is 0 Å². The molecule has 39 heavy (non-hydrogen) atoms. The molecule has 7 rings (SSSR count). The monoisotopic (exact) mass is 497 g/mol. The Labute approximate surface area is 229 Å². The minimum atomic E-state index is 1.07. The summed E-state index contributed by atoms with van der Waals surface area (Å²) < 4.78 is 0. The molecule has 0 spiro atoms. The highest BCUT2D eigenvalue weighted by Crippen LogP contribution is 2.37. The van der Waals surface area contributed by atoms with E-state index in [0.29, 0.717) is 0 Å². The Morgan fingerprint density at radius 3 is 1.79 bits per heavy atom. The van der Waals surface area contributed by atoms with Crippen LogP contribution in [0.4, 0.5) is 11.4 Å². The van der Waals surface area contributed by atoms with E-state index < -0.39 is 0 Å². The molecule has 0 aliphatic carbocycles. The van der Waals surface area contributed by atoms with Crippen LogP contribution in [-0.4, -0.2) is 0 Å². The van der Waals surface area contributed by atoms with Gasteiger partial charge in [0.1, 0.15) is 0 Å². The SMILES string of the molecule is c1ccc(-c2ccc(-c3ccccc3Nc3cccc(-c4cc5ccccc5c5ccccc45)c3)cc2)cc1. The summed E-state index contributed by atoms with van der Waals surface area (Å²) in [4.78, 5) is 0. The normalized spacial score (nSPS) is 11.1. The van der Waals surface area contributed by atoms with E-state index in [-0.39, 0.29) is 0 Å². The first-order valence-corrected chi connectivity index (χ1v) is 13.4. The van der Waals surface area contributed by atoms with Gasteiger partial charge in [0.2, 0.25) is 0 Å². The third-order valence-electron chi connectivity index (χ3n) is 7.45. The predicted molar refractivity (Wildman–Crippen MR) is 167 cm³/mol. The fourth-order valence-corrected chi connectivity index (χ4v) is 5.53. The molecule has 0 amide bonds. The zero-order valence-electron chi connectivity index (χ0n) is 21.5. The molecule has 1 nitrogen and oxygen atoms in total. The third kappa shape index (κ3) is 4.45. The maximum absolute atomic E-state index is 3.71. The largest absolute Gasteiger partial charge is 0.355 e. The van der Waals surface area contributed by atoms with Gasteiger partial charge in [0.05, 0.1) is 0 Å². The van der Waals surface area contributed by atoms with Gasteiger partial charge < -0.3 is 5.32 Å². The smallest absolute Gasteiger partial charge is 0.0463 e. The molecule has 1 N–H and O–H groups in total. The van der Waals surface area contributed by atoms with Crippen molar-refractivity contribution < 1.29 is 0 Å². The van der Waals surface area contributed by atoms with Crippen LogP contribution in [0.1, 0.15) is 0 Å². The van der Waals surface area contributed by atoms with Crippen LogP contribution in [0.2, 0.25) is 0 Å². The van der Waals surface area contributed by atoms with E-state index in [0.717, 1.165) is 11.4 Å². The van der Waals surface area contributed by atoms with E-state index in [1.165, 1.54) is 54.9 Å². The van der Waals surface area contributed by atoms with E-state index in [1.807, 2.05) is 0 Å². The molecule has 1 heteroatoms. The molecule has 0 aromatic heterocycles. The van der Waals surface area contributed by atoms with E-state index in [2.05, 4.69) is 163 Å². The number of hydrogen-bond donors (Lipinski definition) is 1. The third-order valence-corrected chi connectivity index (χ3v) is 7.45. The Bertz CT molecular complexity index is 1920. The van der Waals surface area contributed by atoms with Crippen LogP contribution in [0.15, 0.2) is 158 Å².